The Kier molecular flexibility index (Phi) is 7.61. The first-order valence-corrected chi connectivity index (χ1v) is 11.6. The number of esters is 1. The SMILES string of the molecule is COC(=O)Cc1ccccc1CCc1nc(Nc2ccc3c(c2)CCN(C(=O)[O-])C3)ncc1C(F)(F)F. The van der Waals surface area contributed by atoms with Crippen LogP contribution in [0.15, 0.2) is 48.7 Å². The Hall–Kier alpha value is -4.15. The van der Waals surface area contributed by atoms with Gasteiger partial charge in [-0.05, 0) is 53.6 Å². The number of methoxy groups -OCH3 is 1. The van der Waals surface area contributed by atoms with Crippen LogP contribution in [0.4, 0.5) is 29.6 Å². The van der Waals surface area contributed by atoms with Crippen LogP contribution >= 0.6 is 0 Å². The molecule has 3 aromatic rings. The zero-order chi connectivity index (χ0) is 26.6. The number of ether oxygens (including phenoxy) is 1. The van der Waals surface area contributed by atoms with Crippen LogP contribution in [-0.2, 0) is 47.9 Å². The standard InChI is InChI=1S/C26H25F3N4O4/c1-37-23(34)13-17-5-3-2-4-16(17)7-9-22-21(26(27,28)29)14-30-24(32-22)31-20-8-6-19-15-33(25(35)36)11-10-18(19)12-20/h2-6,8,12,14H,7,9-11,13,15H2,1H3,(H,35,36)(H,30,31,32)/p-1. The summed E-state index contributed by atoms with van der Waals surface area (Å²) >= 11 is 0. The molecule has 0 bridgehead atoms. The minimum Gasteiger partial charge on any atom is -0.530 e. The number of hydrogen-bond donors (Lipinski definition) is 1. The van der Waals surface area contributed by atoms with Crippen LogP contribution in [0, 0.1) is 0 Å². The summed E-state index contributed by atoms with van der Waals surface area (Å²) in [6.07, 6.45) is -4.37. The minimum absolute atomic E-state index is 0.0120. The van der Waals surface area contributed by atoms with E-state index < -0.39 is 23.8 Å². The highest BCUT2D eigenvalue weighted by Crippen LogP contribution is 2.32. The molecule has 1 aromatic heterocycles. The fourth-order valence-electron chi connectivity index (χ4n) is 4.27. The van der Waals surface area contributed by atoms with Gasteiger partial charge in [-0.3, -0.25) is 4.79 Å². The van der Waals surface area contributed by atoms with Crippen LogP contribution < -0.4 is 10.4 Å². The average Bonchev–Trinajstić information content (AvgIpc) is 2.87. The molecule has 194 valence electrons. The van der Waals surface area contributed by atoms with Crippen LogP contribution in [0.5, 0.6) is 0 Å². The number of amides is 1. The van der Waals surface area contributed by atoms with E-state index in [1.165, 1.54) is 12.0 Å². The number of rotatable bonds is 7. The summed E-state index contributed by atoms with van der Waals surface area (Å²) in [4.78, 5) is 32.1. The first kappa shape index (κ1) is 25.9. The lowest BCUT2D eigenvalue weighted by Gasteiger charge is -2.31. The molecule has 1 aliphatic heterocycles. The maximum atomic E-state index is 13.7. The molecule has 37 heavy (non-hydrogen) atoms. The molecule has 1 amide bonds. The van der Waals surface area contributed by atoms with E-state index in [0.717, 1.165) is 22.9 Å². The van der Waals surface area contributed by atoms with Gasteiger partial charge < -0.3 is 24.9 Å². The number of halogens is 3. The van der Waals surface area contributed by atoms with Crippen LogP contribution in [0.3, 0.4) is 0 Å². The molecule has 0 spiro atoms. The summed E-state index contributed by atoms with van der Waals surface area (Å²) in [6, 6.07) is 12.3. The van der Waals surface area contributed by atoms with Crippen molar-refractivity contribution < 1.29 is 32.6 Å². The van der Waals surface area contributed by atoms with Crippen molar-refractivity contribution in [1.29, 1.82) is 0 Å². The average molecular weight is 513 g/mol. The molecule has 1 N–H and O–H groups in total. The Balaban J connectivity index is 1.55. The molecular formula is C26H24F3N4O4-. The minimum atomic E-state index is -4.63. The van der Waals surface area contributed by atoms with Gasteiger partial charge in [-0.25, -0.2) is 9.97 Å². The Labute approximate surface area is 211 Å². The number of hydrogen-bond acceptors (Lipinski definition) is 7. The lowest BCUT2D eigenvalue weighted by Crippen LogP contribution is -2.43. The molecule has 1 aliphatic rings. The summed E-state index contributed by atoms with van der Waals surface area (Å²) < 4.78 is 45.8. The van der Waals surface area contributed by atoms with Crippen LogP contribution in [0.2, 0.25) is 0 Å². The molecule has 4 rings (SSSR count). The number of anilines is 2. The van der Waals surface area contributed by atoms with Gasteiger partial charge in [0.25, 0.3) is 0 Å². The number of aryl methyl sites for hydroxylation is 2. The van der Waals surface area contributed by atoms with E-state index in [4.69, 9.17) is 4.74 Å². The van der Waals surface area contributed by atoms with E-state index in [1.807, 2.05) is 6.07 Å². The smallest absolute Gasteiger partial charge is 0.419 e. The Morgan fingerprint density at radius 3 is 2.57 bits per heavy atom. The van der Waals surface area contributed by atoms with Crippen molar-refractivity contribution in [3.63, 3.8) is 0 Å². The molecule has 0 unspecified atom stereocenters. The van der Waals surface area contributed by atoms with Crippen molar-refractivity contribution in [3.8, 4) is 0 Å². The number of fused-ring (bicyclic) bond motifs is 1. The zero-order valence-corrected chi connectivity index (χ0v) is 20.0. The molecule has 11 heteroatoms. The maximum Gasteiger partial charge on any atom is 0.419 e. The maximum absolute atomic E-state index is 13.7. The highest BCUT2D eigenvalue weighted by atomic mass is 19.4. The van der Waals surface area contributed by atoms with Gasteiger partial charge in [-0.15, -0.1) is 0 Å². The third-order valence-electron chi connectivity index (χ3n) is 6.22. The number of carbonyl (C=O) groups is 2. The summed E-state index contributed by atoms with van der Waals surface area (Å²) in [5.74, 6) is -0.424. The molecular weight excluding hydrogens is 489 g/mol. The molecule has 0 fully saturated rings. The van der Waals surface area contributed by atoms with Crippen molar-refractivity contribution in [1.82, 2.24) is 14.9 Å². The van der Waals surface area contributed by atoms with Crippen LogP contribution in [-0.4, -0.2) is 40.6 Å². The third-order valence-corrected chi connectivity index (χ3v) is 6.22. The topological polar surface area (TPSA) is 107 Å². The van der Waals surface area contributed by atoms with Crippen molar-refractivity contribution in [2.45, 2.75) is 38.4 Å². The highest BCUT2D eigenvalue weighted by Gasteiger charge is 2.35. The summed E-state index contributed by atoms with van der Waals surface area (Å²) in [5.41, 5.74) is 2.67. The number of benzene rings is 2. The van der Waals surface area contributed by atoms with Gasteiger partial charge in [0.1, 0.15) is 6.09 Å². The van der Waals surface area contributed by atoms with Gasteiger partial charge in [0.05, 0.1) is 24.8 Å². The fraction of sp³-hybridized carbons (Fsp3) is 0.308. The molecule has 8 nitrogen and oxygen atoms in total. The number of nitrogens with one attached hydrogen (secondary N) is 1. The summed E-state index contributed by atoms with van der Waals surface area (Å²) in [7, 11) is 1.28. The normalized spacial score (nSPS) is 13.1. The number of carbonyl (C=O) groups excluding carboxylic acids is 2. The number of aromatic nitrogens is 2. The van der Waals surface area contributed by atoms with Gasteiger partial charge in [-0.2, -0.15) is 13.2 Å². The lowest BCUT2D eigenvalue weighted by atomic mass is 9.98. The molecule has 2 aromatic carbocycles. The van der Waals surface area contributed by atoms with Crippen molar-refractivity contribution in [2.24, 2.45) is 0 Å². The Morgan fingerprint density at radius 1 is 1.11 bits per heavy atom. The molecule has 0 atom stereocenters. The van der Waals surface area contributed by atoms with E-state index in [2.05, 4.69) is 15.3 Å². The third kappa shape index (κ3) is 6.35. The predicted octanol–water partition coefficient (Wildman–Crippen LogP) is 3.44. The van der Waals surface area contributed by atoms with E-state index >= 15 is 0 Å². The van der Waals surface area contributed by atoms with E-state index in [9.17, 15) is 27.9 Å². The largest absolute Gasteiger partial charge is 0.530 e. The second kappa shape index (κ2) is 10.9. The molecule has 0 saturated heterocycles. The Morgan fingerprint density at radius 2 is 1.86 bits per heavy atom. The van der Waals surface area contributed by atoms with Gasteiger partial charge >= 0.3 is 12.1 Å². The van der Waals surface area contributed by atoms with E-state index in [1.54, 1.807) is 36.4 Å². The molecule has 2 heterocycles. The quantitative estimate of drug-likeness (QED) is 0.483. The second-order valence-electron chi connectivity index (χ2n) is 8.62. The monoisotopic (exact) mass is 513 g/mol. The van der Waals surface area contributed by atoms with Gasteiger partial charge in [0.2, 0.25) is 5.95 Å². The predicted molar refractivity (Wildman–Crippen MR) is 126 cm³/mol. The number of nitrogens with zero attached hydrogens (tertiary/aromatic N) is 3. The molecule has 0 radical (unpaired) electrons. The van der Waals surface area contributed by atoms with Crippen molar-refractivity contribution in [2.75, 3.05) is 19.0 Å². The van der Waals surface area contributed by atoms with Gasteiger partial charge in [-0.1, -0.05) is 30.3 Å². The van der Waals surface area contributed by atoms with Crippen LogP contribution in [0.25, 0.3) is 0 Å². The molecule has 0 aliphatic carbocycles. The molecule has 0 saturated carbocycles. The highest BCUT2D eigenvalue weighted by molar-refractivity contribution is 5.72. The number of carboxylic acid groups (broad SMARTS) is 1. The van der Waals surface area contributed by atoms with Gasteiger partial charge in [0.15, 0.2) is 0 Å². The van der Waals surface area contributed by atoms with E-state index in [0.29, 0.717) is 24.2 Å². The fourth-order valence-corrected chi connectivity index (χ4v) is 4.27. The zero-order valence-electron chi connectivity index (χ0n) is 20.0. The van der Waals surface area contributed by atoms with Gasteiger partial charge in [0, 0.05) is 25.0 Å². The summed E-state index contributed by atoms with van der Waals surface area (Å²) in [5, 5.41) is 14.1. The first-order valence-electron chi connectivity index (χ1n) is 11.6. The summed E-state index contributed by atoms with van der Waals surface area (Å²) in [6.45, 7) is 0.521. The van der Waals surface area contributed by atoms with Crippen LogP contribution in [0.1, 0.15) is 33.5 Å². The van der Waals surface area contributed by atoms with Crippen molar-refractivity contribution in [3.05, 3.63) is 82.2 Å². The lowest BCUT2D eigenvalue weighted by molar-refractivity contribution is -0.266. The Bertz CT molecular complexity index is 1310. The van der Waals surface area contributed by atoms with E-state index in [-0.39, 0.29) is 37.4 Å². The first-order chi connectivity index (χ1) is 17.6. The number of alkyl halides is 3. The second-order valence-corrected chi connectivity index (χ2v) is 8.62. The van der Waals surface area contributed by atoms with Crippen molar-refractivity contribution >= 4 is 23.7 Å².